The van der Waals surface area contributed by atoms with Crippen molar-refractivity contribution in [2.24, 2.45) is 0 Å². The van der Waals surface area contributed by atoms with E-state index in [4.69, 9.17) is 4.74 Å². The van der Waals surface area contributed by atoms with Crippen molar-refractivity contribution >= 4 is 16.8 Å². The number of fused-ring (bicyclic) bond motifs is 1. The Bertz CT molecular complexity index is 1040. The van der Waals surface area contributed by atoms with Crippen LogP contribution in [0.2, 0.25) is 0 Å². The minimum absolute atomic E-state index is 0.0883. The lowest BCUT2D eigenvalue weighted by molar-refractivity contribution is -0.122. The number of carbonyl (C=O) groups is 1. The van der Waals surface area contributed by atoms with Crippen LogP contribution in [0.4, 0.5) is 4.39 Å². The molecule has 1 atom stereocenters. The van der Waals surface area contributed by atoms with Crippen LogP contribution in [0.1, 0.15) is 32.4 Å². The molecule has 0 saturated carbocycles. The van der Waals surface area contributed by atoms with Gasteiger partial charge in [-0.1, -0.05) is 12.1 Å². The second-order valence-corrected chi connectivity index (χ2v) is 6.86. The van der Waals surface area contributed by atoms with Crippen molar-refractivity contribution in [3.8, 4) is 5.75 Å². The Morgan fingerprint density at radius 3 is 2.57 bits per heavy atom. The fraction of sp³-hybridized carbons (Fsp3) is 0.286. The molecule has 6 nitrogen and oxygen atoms in total. The lowest BCUT2D eigenvalue weighted by atomic mass is 10.1. The van der Waals surface area contributed by atoms with Crippen LogP contribution in [0.15, 0.2) is 53.6 Å². The van der Waals surface area contributed by atoms with Gasteiger partial charge in [-0.05, 0) is 56.7 Å². The van der Waals surface area contributed by atoms with E-state index in [1.807, 2.05) is 45.0 Å². The average Bonchev–Trinajstić information content (AvgIpc) is 2.64. The number of hydrogen-bond acceptors (Lipinski definition) is 4. The number of ether oxygens (including phenoxy) is 1. The van der Waals surface area contributed by atoms with Crippen molar-refractivity contribution in [3.63, 3.8) is 0 Å². The number of benzene rings is 2. The topological polar surface area (TPSA) is 73.2 Å². The number of nitrogens with one attached hydrogen (secondary N) is 1. The van der Waals surface area contributed by atoms with Gasteiger partial charge in [0.15, 0.2) is 0 Å². The summed E-state index contributed by atoms with van der Waals surface area (Å²) < 4.78 is 20.2. The van der Waals surface area contributed by atoms with Crippen LogP contribution >= 0.6 is 0 Å². The minimum atomic E-state index is -0.521. The Morgan fingerprint density at radius 2 is 1.89 bits per heavy atom. The third-order valence-corrected chi connectivity index (χ3v) is 4.23. The van der Waals surface area contributed by atoms with Crippen molar-refractivity contribution in [1.29, 1.82) is 0 Å². The fourth-order valence-corrected chi connectivity index (χ4v) is 2.88. The lowest BCUT2D eigenvalue weighted by Crippen LogP contribution is -2.34. The summed E-state index contributed by atoms with van der Waals surface area (Å²) in [7, 11) is 0. The third kappa shape index (κ3) is 4.54. The summed E-state index contributed by atoms with van der Waals surface area (Å²) >= 11 is 0. The van der Waals surface area contributed by atoms with E-state index in [0.717, 1.165) is 17.4 Å². The molecule has 1 N–H and O–H groups in total. The third-order valence-electron chi connectivity index (χ3n) is 4.23. The van der Waals surface area contributed by atoms with E-state index in [-0.39, 0.29) is 30.0 Å². The predicted molar refractivity (Wildman–Crippen MR) is 105 cm³/mol. The van der Waals surface area contributed by atoms with Gasteiger partial charge in [0.2, 0.25) is 5.91 Å². The van der Waals surface area contributed by atoms with Crippen LogP contribution in [-0.4, -0.2) is 21.6 Å². The molecule has 146 valence electrons. The second kappa shape index (κ2) is 8.21. The first kappa shape index (κ1) is 19.5. The zero-order valence-electron chi connectivity index (χ0n) is 16.0. The molecule has 0 saturated heterocycles. The molecule has 0 aliphatic carbocycles. The van der Waals surface area contributed by atoms with E-state index in [1.165, 1.54) is 23.0 Å². The fourth-order valence-electron chi connectivity index (χ4n) is 2.88. The molecule has 1 aromatic heterocycles. The van der Waals surface area contributed by atoms with Crippen LogP contribution in [0.25, 0.3) is 10.9 Å². The van der Waals surface area contributed by atoms with Crippen LogP contribution in [0.3, 0.4) is 0 Å². The maximum Gasteiger partial charge on any atom is 0.261 e. The summed E-state index contributed by atoms with van der Waals surface area (Å²) in [5.74, 6) is -0.0972. The largest absolute Gasteiger partial charge is 0.491 e. The Morgan fingerprint density at radius 1 is 1.18 bits per heavy atom. The van der Waals surface area contributed by atoms with Gasteiger partial charge in [0.25, 0.3) is 5.56 Å². The summed E-state index contributed by atoms with van der Waals surface area (Å²) in [5, 5.41) is 2.99. The molecule has 0 fully saturated rings. The van der Waals surface area contributed by atoms with E-state index in [0.29, 0.717) is 5.52 Å². The van der Waals surface area contributed by atoms with Gasteiger partial charge in [-0.2, -0.15) is 0 Å². The molecule has 0 aliphatic rings. The van der Waals surface area contributed by atoms with Crippen LogP contribution in [-0.2, 0) is 11.3 Å². The second-order valence-electron chi connectivity index (χ2n) is 6.86. The van der Waals surface area contributed by atoms with Crippen molar-refractivity contribution in [2.75, 3.05) is 0 Å². The van der Waals surface area contributed by atoms with Gasteiger partial charge in [0.1, 0.15) is 18.1 Å². The average molecular weight is 383 g/mol. The summed E-state index contributed by atoms with van der Waals surface area (Å²) in [6.07, 6.45) is 1.38. The van der Waals surface area contributed by atoms with Gasteiger partial charge in [-0.25, -0.2) is 9.37 Å². The summed E-state index contributed by atoms with van der Waals surface area (Å²) in [5.41, 5.74) is 0.845. The normalized spacial score (nSPS) is 12.2. The first-order chi connectivity index (χ1) is 13.3. The molecule has 1 amide bonds. The standard InChI is InChI=1S/C21H22FN3O3/c1-13(2)28-17-7-4-15(5-8-17)14(3)24-20(26)11-25-12-23-19-9-6-16(22)10-18(19)21(25)27/h4-10,12-14H,11H2,1-3H3,(H,24,26). The number of amides is 1. The van der Waals surface area contributed by atoms with Gasteiger partial charge in [-0.15, -0.1) is 0 Å². The molecule has 0 radical (unpaired) electrons. The quantitative estimate of drug-likeness (QED) is 0.709. The van der Waals surface area contributed by atoms with Crippen LogP contribution in [0.5, 0.6) is 5.75 Å². The zero-order chi connectivity index (χ0) is 20.3. The highest BCUT2D eigenvalue weighted by atomic mass is 19.1. The number of aromatic nitrogens is 2. The van der Waals surface area contributed by atoms with Crippen LogP contribution < -0.4 is 15.6 Å². The Balaban J connectivity index is 1.69. The molecular formula is C21H22FN3O3. The highest BCUT2D eigenvalue weighted by molar-refractivity contribution is 5.79. The maximum atomic E-state index is 13.4. The number of halogens is 1. The molecule has 0 bridgehead atoms. The molecule has 3 aromatic rings. The smallest absolute Gasteiger partial charge is 0.261 e. The van der Waals surface area contributed by atoms with Gasteiger partial charge >= 0.3 is 0 Å². The first-order valence-electron chi connectivity index (χ1n) is 9.04. The predicted octanol–water partition coefficient (Wildman–Crippen LogP) is 3.20. The van der Waals surface area contributed by atoms with Gasteiger partial charge in [-0.3, -0.25) is 14.2 Å². The van der Waals surface area contributed by atoms with Crippen molar-refractivity contribution in [1.82, 2.24) is 14.9 Å². The molecule has 28 heavy (non-hydrogen) atoms. The molecule has 1 unspecified atom stereocenters. The Labute approximate surface area is 162 Å². The molecule has 7 heteroatoms. The minimum Gasteiger partial charge on any atom is -0.491 e. The summed E-state index contributed by atoms with van der Waals surface area (Å²) in [4.78, 5) is 28.9. The Kier molecular flexibility index (Phi) is 5.73. The van der Waals surface area contributed by atoms with Crippen molar-refractivity contribution < 1.29 is 13.9 Å². The van der Waals surface area contributed by atoms with E-state index in [2.05, 4.69) is 10.3 Å². The monoisotopic (exact) mass is 383 g/mol. The molecule has 0 spiro atoms. The van der Waals surface area contributed by atoms with Crippen LogP contribution in [0, 0.1) is 5.82 Å². The highest BCUT2D eigenvalue weighted by Gasteiger charge is 2.13. The van der Waals surface area contributed by atoms with Gasteiger partial charge < -0.3 is 10.1 Å². The van der Waals surface area contributed by atoms with E-state index >= 15 is 0 Å². The summed E-state index contributed by atoms with van der Waals surface area (Å²) in [6.45, 7) is 5.56. The number of hydrogen-bond donors (Lipinski definition) is 1. The number of rotatable bonds is 6. The molecule has 3 rings (SSSR count). The maximum absolute atomic E-state index is 13.4. The summed E-state index contributed by atoms with van der Waals surface area (Å²) in [6, 6.07) is 11.0. The Hall–Kier alpha value is -3.22. The highest BCUT2D eigenvalue weighted by Crippen LogP contribution is 2.18. The number of nitrogens with zero attached hydrogens (tertiary/aromatic N) is 2. The zero-order valence-corrected chi connectivity index (χ0v) is 16.0. The van der Waals surface area contributed by atoms with E-state index in [1.54, 1.807) is 0 Å². The molecular weight excluding hydrogens is 361 g/mol. The van der Waals surface area contributed by atoms with Crippen molar-refractivity contribution in [3.05, 3.63) is 70.5 Å². The molecule has 1 heterocycles. The van der Waals surface area contributed by atoms with E-state index in [9.17, 15) is 14.0 Å². The van der Waals surface area contributed by atoms with Gasteiger partial charge in [0, 0.05) is 0 Å². The first-order valence-corrected chi connectivity index (χ1v) is 9.04. The van der Waals surface area contributed by atoms with Crippen molar-refractivity contribution in [2.45, 2.75) is 39.5 Å². The number of carbonyl (C=O) groups excluding carboxylic acids is 1. The molecule has 2 aromatic carbocycles. The molecule has 0 aliphatic heterocycles. The van der Waals surface area contributed by atoms with E-state index < -0.39 is 11.4 Å². The lowest BCUT2D eigenvalue weighted by Gasteiger charge is -2.16. The van der Waals surface area contributed by atoms with Gasteiger partial charge in [0.05, 0.1) is 29.4 Å². The SMILES string of the molecule is CC(C)Oc1ccc(C(C)NC(=O)Cn2cnc3ccc(F)cc3c2=O)cc1.